The molecule has 6 heteroatoms. The maximum absolute atomic E-state index is 13.9. The average molecular weight is 419 g/mol. The first kappa shape index (κ1) is 21.2. The fraction of sp³-hybridized carbons (Fsp3) is 0.440. The molecule has 31 heavy (non-hydrogen) atoms. The summed E-state index contributed by atoms with van der Waals surface area (Å²) in [5.41, 5.74) is 1.45. The van der Waals surface area contributed by atoms with Crippen molar-refractivity contribution in [3.05, 3.63) is 72.3 Å². The van der Waals surface area contributed by atoms with Gasteiger partial charge in [-0.15, -0.1) is 0 Å². The molecule has 2 fully saturated rings. The number of benzene rings is 1. The van der Waals surface area contributed by atoms with E-state index in [1.165, 1.54) is 6.08 Å². The first-order chi connectivity index (χ1) is 15.0. The minimum Gasteiger partial charge on any atom is -0.342 e. The fourth-order valence-electron chi connectivity index (χ4n) is 4.93. The van der Waals surface area contributed by atoms with Crippen molar-refractivity contribution >= 4 is 11.8 Å². The van der Waals surface area contributed by atoms with Crippen LogP contribution >= 0.6 is 0 Å². The van der Waals surface area contributed by atoms with Crippen LogP contribution in [0.3, 0.4) is 0 Å². The molecule has 1 aromatic carbocycles. The quantitative estimate of drug-likeness (QED) is 0.715. The summed E-state index contributed by atoms with van der Waals surface area (Å²) in [6, 6.07) is 12.0. The predicted molar refractivity (Wildman–Crippen MR) is 119 cm³/mol. The highest BCUT2D eigenvalue weighted by molar-refractivity contribution is 5.90. The molecule has 4 rings (SSSR count). The molecule has 2 amide bonds. The molecule has 1 aromatic heterocycles. The first-order valence-corrected chi connectivity index (χ1v) is 11.1. The van der Waals surface area contributed by atoms with Crippen LogP contribution in [0.25, 0.3) is 0 Å². The van der Waals surface area contributed by atoms with Crippen molar-refractivity contribution in [1.29, 1.82) is 0 Å². The van der Waals surface area contributed by atoms with Gasteiger partial charge in [0.25, 0.3) is 0 Å². The Labute approximate surface area is 184 Å². The van der Waals surface area contributed by atoms with Gasteiger partial charge in [0, 0.05) is 44.0 Å². The van der Waals surface area contributed by atoms with Crippen LogP contribution in [0.2, 0.25) is 0 Å². The van der Waals surface area contributed by atoms with Crippen LogP contribution in [0.4, 0.5) is 0 Å². The molecular weight excluding hydrogens is 388 g/mol. The second-order valence-corrected chi connectivity index (χ2v) is 8.60. The highest BCUT2D eigenvalue weighted by atomic mass is 16.2. The van der Waals surface area contributed by atoms with E-state index in [1.807, 2.05) is 42.3 Å². The van der Waals surface area contributed by atoms with Crippen molar-refractivity contribution in [2.45, 2.75) is 43.9 Å². The van der Waals surface area contributed by atoms with Crippen LogP contribution in [-0.4, -0.2) is 57.8 Å². The third-order valence-electron chi connectivity index (χ3n) is 6.80. The lowest BCUT2D eigenvalue weighted by atomic mass is 9.71. The molecule has 6 nitrogen and oxygen atoms in total. The lowest BCUT2D eigenvalue weighted by Gasteiger charge is -2.44. The maximum atomic E-state index is 13.9. The molecule has 2 aliphatic rings. The molecular formula is C25H30N4O2. The van der Waals surface area contributed by atoms with Crippen molar-refractivity contribution in [2.75, 3.05) is 26.2 Å². The normalized spacial score (nSPS) is 19.1. The van der Waals surface area contributed by atoms with Gasteiger partial charge in [0.05, 0.1) is 5.41 Å². The molecule has 2 aromatic rings. The lowest BCUT2D eigenvalue weighted by molar-refractivity contribution is -0.142. The van der Waals surface area contributed by atoms with Gasteiger partial charge in [-0.1, -0.05) is 36.9 Å². The number of hydrogen-bond acceptors (Lipinski definition) is 4. The molecule has 2 saturated heterocycles. The summed E-state index contributed by atoms with van der Waals surface area (Å²) < 4.78 is 0. The van der Waals surface area contributed by atoms with E-state index in [1.54, 1.807) is 4.90 Å². The summed E-state index contributed by atoms with van der Waals surface area (Å²) in [6.45, 7) is 8.15. The van der Waals surface area contributed by atoms with E-state index in [4.69, 9.17) is 0 Å². The summed E-state index contributed by atoms with van der Waals surface area (Å²) in [6.07, 6.45) is 6.20. The minimum absolute atomic E-state index is 0.0620. The van der Waals surface area contributed by atoms with Crippen LogP contribution in [0.5, 0.6) is 0 Å². The Balaban J connectivity index is 1.51. The van der Waals surface area contributed by atoms with E-state index in [9.17, 15) is 9.59 Å². The third-order valence-corrected chi connectivity index (χ3v) is 6.80. The topological polar surface area (TPSA) is 66.4 Å². The van der Waals surface area contributed by atoms with E-state index in [2.05, 4.69) is 28.7 Å². The summed E-state index contributed by atoms with van der Waals surface area (Å²) in [7, 11) is 0. The number of aromatic nitrogens is 2. The lowest BCUT2D eigenvalue weighted by Crippen LogP contribution is -2.55. The molecule has 162 valence electrons. The number of carbonyl (C=O) groups is 2. The van der Waals surface area contributed by atoms with Gasteiger partial charge < -0.3 is 9.80 Å². The van der Waals surface area contributed by atoms with Crippen LogP contribution < -0.4 is 0 Å². The molecule has 2 aliphatic heterocycles. The zero-order chi connectivity index (χ0) is 21.8. The van der Waals surface area contributed by atoms with Gasteiger partial charge >= 0.3 is 0 Å². The zero-order valence-corrected chi connectivity index (χ0v) is 18.2. The Kier molecular flexibility index (Phi) is 6.16. The summed E-state index contributed by atoms with van der Waals surface area (Å²) in [5.74, 6) is 1.31. The summed E-state index contributed by atoms with van der Waals surface area (Å²) >= 11 is 0. The second kappa shape index (κ2) is 9.00. The molecule has 0 spiro atoms. The summed E-state index contributed by atoms with van der Waals surface area (Å²) in [4.78, 5) is 38.8. The monoisotopic (exact) mass is 418 g/mol. The zero-order valence-electron chi connectivity index (χ0n) is 18.2. The van der Waals surface area contributed by atoms with Gasteiger partial charge in [-0.3, -0.25) is 9.59 Å². The Bertz CT molecular complexity index is 943. The number of nitrogens with zero attached hydrogens (tertiary/aromatic N) is 4. The van der Waals surface area contributed by atoms with Gasteiger partial charge in [0.2, 0.25) is 11.8 Å². The molecule has 0 atom stereocenters. The number of rotatable bonds is 4. The number of amides is 2. The minimum atomic E-state index is -0.577. The van der Waals surface area contributed by atoms with E-state index in [-0.39, 0.29) is 11.8 Å². The van der Waals surface area contributed by atoms with Gasteiger partial charge in [-0.05, 0) is 50.3 Å². The molecule has 0 saturated carbocycles. The van der Waals surface area contributed by atoms with Crippen molar-refractivity contribution in [2.24, 2.45) is 0 Å². The van der Waals surface area contributed by atoms with Crippen molar-refractivity contribution in [3.8, 4) is 0 Å². The van der Waals surface area contributed by atoms with E-state index in [0.717, 1.165) is 29.9 Å². The molecule has 3 heterocycles. The smallest absolute Gasteiger partial charge is 0.245 e. The van der Waals surface area contributed by atoms with Crippen LogP contribution in [-0.2, 0) is 15.0 Å². The Morgan fingerprint density at radius 1 is 1.03 bits per heavy atom. The second-order valence-electron chi connectivity index (χ2n) is 8.60. The predicted octanol–water partition coefficient (Wildman–Crippen LogP) is 3.24. The average Bonchev–Trinajstić information content (AvgIpc) is 2.84. The van der Waals surface area contributed by atoms with Crippen LogP contribution in [0.15, 0.2) is 55.3 Å². The molecule has 0 unspecified atom stereocenters. The van der Waals surface area contributed by atoms with Crippen molar-refractivity contribution in [1.82, 2.24) is 19.8 Å². The van der Waals surface area contributed by atoms with Crippen molar-refractivity contribution < 1.29 is 9.59 Å². The van der Waals surface area contributed by atoms with Gasteiger partial charge in [-0.25, -0.2) is 9.97 Å². The largest absolute Gasteiger partial charge is 0.342 e. The van der Waals surface area contributed by atoms with Crippen molar-refractivity contribution in [3.63, 3.8) is 0 Å². The van der Waals surface area contributed by atoms with Gasteiger partial charge in [0.1, 0.15) is 5.82 Å². The Morgan fingerprint density at radius 3 is 2.32 bits per heavy atom. The SMILES string of the molecule is C=CC(=O)N1CCC(C(=O)N2CCC(c3nccc(C)n3)CC2)(c2ccccc2)CC1. The number of piperidine rings is 2. The number of aryl methyl sites for hydroxylation is 1. The van der Waals surface area contributed by atoms with E-state index < -0.39 is 5.41 Å². The van der Waals surface area contributed by atoms with Gasteiger partial charge in [0.15, 0.2) is 0 Å². The number of likely N-dealkylation sites (tertiary alicyclic amines) is 2. The molecule has 0 aliphatic carbocycles. The van der Waals surface area contributed by atoms with Crippen LogP contribution in [0, 0.1) is 6.92 Å². The van der Waals surface area contributed by atoms with Crippen LogP contribution in [0.1, 0.15) is 48.7 Å². The first-order valence-electron chi connectivity index (χ1n) is 11.1. The highest BCUT2D eigenvalue weighted by Crippen LogP contribution is 2.39. The van der Waals surface area contributed by atoms with Gasteiger partial charge in [-0.2, -0.15) is 0 Å². The molecule has 0 N–H and O–H groups in total. The number of hydrogen-bond donors (Lipinski definition) is 0. The highest BCUT2D eigenvalue weighted by Gasteiger charge is 2.46. The Morgan fingerprint density at radius 2 is 1.71 bits per heavy atom. The van der Waals surface area contributed by atoms with E-state index in [0.29, 0.717) is 44.9 Å². The molecule has 0 bridgehead atoms. The third kappa shape index (κ3) is 4.24. The number of carbonyl (C=O) groups excluding carboxylic acids is 2. The van der Waals surface area contributed by atoms with E-state index >= 15 is 0 Å². The standard InChI is InChI=1S/C25H30N4O2/c1-3-22(30)28-17-12-25(13-18-28,21-7-5-4-6-8-21)24(31)29-15-10-20(11-16-29)23-26-14-9-19(2)27-23/h3-9,14,20H,1,10-13,15-18H2,2H3. The maximum Gasteiger partial charge on any atom is 0.245 e. The molecule has 0 radical (unpaired) electrons. The fourth-order valence-corrected chi connectivity index (χ4v) is 4.93. The summed E-state index contributed by atoms with van der Waals surface area (Å²) in [5, 5.41) is 0. The Hall–Kier alpha value is -3.02.